The molecule has 2 rings (SSSR count). The van der Waals surface area contributed by atoms with Gasteiger partial charge in [0, 0.05) is 23.9 Å². The molecule has 0 saturated carbocycles. The van der Waals surface area contributed by atoms with Gasteiger partial charge in [-0.1, -0.05) is 36.4 Å². The molecule has 0 aliphatic heterocycles. The second-order valence-electron chi connectivity index (χ2n) is 5.50. The third-order valence-corrected chi connectivity index (χ3v) is 3.88. The summed E-state index contributed by atoms with van der Waals surface area (Å²) in [6, 6.07) is 15.3. The summed E-state index contributed by atoms with van der Waals surface area (Å²) >= 11 is 0. The molecule has 0 aliphatic rings. The first-order valence-corrected chi connectivity index (χ1v) is 7.61. The molecule has 1 unspecified atom stereocenters. The number of ether oxygens (including phenoxy) is 1. The first-order chi connectivity index (χ1) is 10.1. The van der Waals surface area contributed by atoms with E-state index in [2.05, 4.69) is 68.6 Å². The molecule has 0 aromatic heterocycles. The summed E-state index contributed by atoms with van der Waals surface area (Å²) in [4.78, 5) is 0. The standard InChI is InChI=1S/C19H25NO/c1-5-21-13-18-8-6-7-9-19(18)20-16(4)17-11-10-14(2)15(3)12-17/h6-12,16,20H,5,13H2,1-4H3. The minimum absolute atomic E-state index is 0.270. The van der Waals surface area contributed by atoms with Gasteiger partial charge in [0.05, 0.1) is 6.61 Å². The first-order valence-electron chi connectivity index (χ1n) is 7.61. The zero-order valence-electron chi connectivity index (χ0n) is 13.4. The molecule has 112 valence electrons. The number of para-hydroxylation sites is 1. The molecule has 0 amide bonds. The van der Waals surface area contributed by atoms with Crippen LogP contribution in [0.4, 0.5) is 5.69 Å². The lowest BCUT2D eigenvalue weighted by atomic mass is 10.0. The average Bonchev–Trinajstić information content (AvgIpc) is 2.49. The number of benzene rings is 2. The molecule has 0 spiro atoms. The van der Waals surface area contributed by atoms with Crippen molar-refractivity contribution >= 4 is 5.69 Å². The lowest BCUT2D eigenvalue weighted by molar-refractivity contribution is 0.134. The van der Waals surface area contributed by atoms with E-state index >= 15 is 0 Å². The van der Waals surface area contributed by atoms with E-state index in [0.29, 0.717) is 6.61 Å². The van der Waals surface area contributed by atoms with Crippen molar-refractivity contribution in [3.8, 4) is 0 Å². The van der Waals surface area contributed by atoms with Crippen LogP contribution in [0, 0.1) is 13.8 Å². The molecular weight excluding hydrogens is 258 g/mol. The number of hydrogen-bond acceptors (Lipinski definition) is 2. The molecule has 1 N–H and O–H groups in total. The minimum Gasteiger partial charge on any atom is -0.378 e. The predicted molar refractivity (Wildman–Crippen MR) is 89.7 cm³/mol. The predicted octanol–water partition coefficient (Wildman–Crippen LogP) is 5.01. The highest BCUT2D eigenvalue weighted by molar-refractivity contribution is 5.52. The van der Waals surface area contributed by atoms with E-state index in [1.54, 1.807) is 0 Å². The summed E-state index contributed by atoms with van der Waals surface area (Å²) in [6.45, 7) is 9.92. The molecule has 2 nitrogen and oxygen atoms in total. The summed E-state index contributed by atoms with van der Waals surface area (Å²) < 4.78 is 5.54. The second-order valence-corrected chi connectivity index (χ2v) is 5.50. The summed E-state index contributed by atoms with van der Waals surface area (Å²) in [6.07, 6.45) is 0. The van der Waals surface area contributed by atoms with Crippen LogP contribution in [0.3, 0.4) is 0 Å². The van der Waals surface area contributed by atoms with Gasteiger partial charge in [-0.2, -0.15) is 0 Å². The number of rotatable bonds is 6. The Hall–Kier alpha value is -1.80. The van der Waals surface area contributed by atoms with Crippen molar-refractivity contribution in [3.05, 3.63) is 64.7 Å². The zero-order valence-corrected chi connectivity index (χ0v) is 13.4. The lowest BCUT2D eigenvalue weighted by Gasteiger charge is -2.19. The smallest absolute Gasteiger partial charge is 0.0736 e. The van der Waals surface area contributed by atoms with Gasteiger partial charge in [0.25, 0.3) is 0 Å². The molecule has 2 aromatic carbocycles. The van der Waals surface area contributed by atoms with Gasteiger partial charge < -0.3 is 10.1 Å². The molecule has 0 fully saturated rings. The average molecular weight is 283 g/mol. The third kappa shape index (κ3) is 4.08. The molecule has 0 saturated heterocycles. The number of nitrogens with one attached hydrogen (secondary N) is 1. The van der Waals surface area contributed by atoms with Crippen LogP contribution < -0.4 is 5.32 Å². The van der Waals surface area contributed by atoms with Crippen molar-refractivity contribution in [2.45, 2.75) is 40.3 Å². The molecule has 0 aliphatic carbocycles. The number of anilines is 1. The first kappa shape index (κ1) is 15.6. The van der Waals surface area contributed by atoms with Crippen LogP contribution in [-0.4, -0.2) is 6.61 Å². The van der Waals surface area contributed by atoms with Crippen LogP contribution in [0.5, 0.6) is 0 Å². The fourth-order valence-electron chi connectivity index (χ4n) is 2.35. The molecule has 1 atom stereocenters. The Morgan fingerprint density at radius 2 is 1.81 bits per heavy atom. The van der Waals surface area contributed by atoms with Crippen LogP contribution in [0.2, 0.25) is 0 Å². The highest BCUT2D eigenvalue weighted by atomic mass is 16.5. The van der Waals surface area contributed by atoms with Gasteiger partial charge in [-0.15, -0.1) is 0 Å². The number of aryl methyl sites for hydroxylation is 2. The lowest BCUT2D eigenvalue weighted by Crippen LogP contribution is -2.09. The van der Waals surface area contributed by atoms with E-state index in [1.807, 2.05) is 6.92 Å². The Balaban J connectivity index is 2.15. The summed E-state index contributed by atoms with van der Waals surface area (Å²) in [5.41, 5.74) is 6.34. The van der Waals surface area contributed by atoms with E-state index in [-0.39, 0.29) is 6.04 Å². The number of hydrogen-bond donors (Lipinski definition) is 1. The molecule has 0 bridgehead atoms. The van der Waals surface area contributed by atoms with E-state index in [1.165, 1.54) is 22.3 Å². The normalized spacial score (nSPS) is 12.2. The molecule has 2 aromatic rings. The van der Waals surface area contributed by atoms with Gasteiger partial charge in [0.15, 0.2) is 0 Å². The van der Waals surface area contributed by atoms with Gasteiger partial charge in [0.1, 0.15) is 0 Å². The molecule has 2 heteroatoms. The maximum absolute atomic E-state index is 5.54. The van der Waals surface area contributed by atoms with Gasteiger partial charge in [-0.25, -0.2) is 0 Å². The van der Waals surface area contributed by atoms with Crippen molar-refractivity contribution in [1.82, 2.24) is 0 Å². The van der Waals surface area contributed by atoms with Crippen LogP contribution in [-0.2, 0) is 11.3 Å². The Morgan fingerprint density at radius 3 is 2.52 bits per heavy atom. The van der Waals surface area contributed by atoms with Crippen molar-refractivity contribution in [3.63, 3.8) is 0 Å². The summed E-state index contributed by atoms with van der Waals surface area (Å²) in [5, 5.41) is 3.60. The zero-order chi connectivity index (χ0) is 15.2. The highest BCUT2D eigenvalue weighted by Crippen LogP contribution is 2.24. The Bertz CT molecular complexity index is 592. The largest absolute Gasteiger partial charge is 0.378 e. The van der Waals surface area contributed by atoms with E-state index in [0.717, 1.165) is 12.3 Å². The quantitative estimate of drug-likeness (QED) is 0.804. The van der Waals surface area contributed by atoms with Crippen molar-refractivity contribution < 1.29 is 4.74 Å². The van der Waals surface area contributed by atoms with Gasteiger partial charge in [-0.3, -0.25) is 0 Å². The van der Waals surface area contributed by atoms with Crippen LogP contribution in [0.15, 0.2) is 42.5 Å². The second kappa shape index (κ2) is 7.28. The fourth-order valence-corrected chi connectivity index (χ4v) is 2.35. The fraction of sp³-hybridized carbons (Fsp3) is 0.368. The van der Waals surface area contributed by atoms with Crippen molar-refractivity contribution in [2.24, 2.45) is 0 Å². The molecular formula is C19H25NO. The van der Waals surface area contributed by atoms with E-state index in [9.17, 15) is 0 Å². The van der Waals surface area contributed by atoms with Crippen LogP contribution in [0.25, 0.3) is 0 Å². The van der Waals surface area contributed by atoms with Gasteiger partial charge in [0.2, 0.25) is 0 Å². The van der Waals surface area contributed by atoms with Crippen LogP contribution >= 0.6 is 0 Å². The summed E-state index contributed by atoms with van der Waals surface area (Å²) in [7, 11) is 0. The maximum atomic E-state index is 5.54. The SMILES string of the molecule is CCOCc1ccccc1NC(C)c1ccc(C)c(C)c1. The minimum atomic E-state index is 0.270. The Kier molecular flexibility index (Phi) is 5.40. The third-order valence-electron chi connectivity index (χ3n) is 3.88. The highest BCUT2D eigenvalue weighted by Gasteiger charge is 2.09. The summed E-state index contributed by atoms with van der Waals surface area (Å²) in [5.74, 6) is 0. The maximum Gasteiger partial charge on any atom is 0.0736 e. The van der Waals surface area contributed by atoms with Crippen molar-refractivity contribution in [2.75, 3.05) is 11.9 Å². The monoisotopic (exact) mass is 283 g/mol. The van der Waals surface area contributed by atoms with Crippen LogP contribution in [0.1, 0.15) is 42.1 Å². The molecule has 21 heavy (non-hydrogen) atoms. The van der Waals surface area contributed by atoms with E-state index < -0.39 is 0 Å². The molecule has 0 heterocycles. The molecule has 0 radical (unpaired) electrons. The topological polar surface area (TPSA) is 21.3 Å². The van der Waals surface area contributed by atoms with Gasteiger partial charge in [-0.05, 0) is 50.5 Å². The van der Waals surface area contributed by atoms with Crippen molar-refractivity contribution in [1.29, 1.82) is 0 Å². The van der Waals surface area contributed by atoms with E-state index in [4.69, 9.17) is 4.74 Å². The Morgan fingerprint density at radius 1 is 1.05 bits per heavy atom. The van der Waals surface area contributed by atoms with Gasteiger partial charge >= 0.3 is 0 Å². The Labute approximate surface area is 128 Å².